The van der Waals surface area contributed by atoms with Crippen LogP contribution in [0.2, 0.25) is 0 Å². The van der Waals surface area contributed by atoms with Gasteiger partial charge in [-0.1, -0.05) is 0 Å². The summed E-state index contributed by atoms with van der Waals surface area (Å²) in [5.74, 6) is -3.72. The van der Waals surface area contributed by atoms with Gasteiger partial charge in [-0.05, 0) is 0 Å². The lowest BCUT2D eigenvalue weighted by atomic mass is 9.99. The molecule has 1 N–H and O–H groups in total. The van der Waals surface area contributed by atoms with Gasteiger partial charge in [0.05, 0.1) is 0 Å². The summed E-state index contributed by atoms with van der Waals surface area (Å²) in [4.78, 5) is 69.4. The molecule has 2 fully saturated rings. The summed E-state index contributed by atoms with van der Waals surface area (Å²) in [6.07, 6.45) is -5.83. The Morgan fingerprint density at radius 2 is 1.44 bits per heavy atom. The number of alkyl carbamates (subject to hydrolysis) is 1. The third-order valence-corrected chi connectivity index (χ3v) is 5.38. The fourth-order valence-electron chi connectivity index (χ4n) is 3.02. The van der Waals surface area contributed by atoms with E-state index >= 15 is 0 Å². The Hall–Kier alpha value is -2.87. The van der Waals surface area contributed by atoms with Crippen LogP contribution in [0.15, 0.2) is 0 Å². The van der Waals surface area contributed by atoms with Crippen molar-refractivity contribution in [3.05, 3.63) is 0 Å². The number of amides is 1. The number of esters is 5. The Kier molecular flexibility index (Phi) is 8.83. The molecule has 2 aliphatic rings. The molecule has 13 nitrogen and oxygen atoms in total. The first-order valence-corrected chi connectivity index (χ1v) is 10.5. The minimum atomic E-state index is -1.31. The summed E-state index contributed by atoms with van der Waals surface area (Å²) < 4.78 is 31.1. The summed E-state index contributed by atoms with van der Waals surface area (Å²) in [5, 5.41) is 2.31. The van der Waals surface area contributed by atoms with Crippen molar-refractivity contribution < 1.29 is 57.2 Å². The van der Waals surface area contributed by atoms with Gasteiger partial charge >= 0.3 is 35.9 Å². The second-order valence-corrected chi connectivity index (χ2v) is 7.94. The maximum Gasteiger partial charge on any atom is 0.415 e. The zero-order valence-electron chi connectivity index (χ0n) is 17.7. The molecule has 0 saturated carbocycles. The molecule has 2 saturated heterocycles. The van der Waals surface area contributed by atoms with Crippen LogP contribution in [-0.2, 0) is 52.4 Å². The van der Waals surface area contributed by atoms with Crippen LogP contribution in [0.4, 0.5) is 4.79 Å². The molecule has 14 heteroatoms. The van der Waals surface area contributed by atoms with Crippen LogP contribution in [0.3, 0.4) is 0 Å². The van der Waals surface area contributed by atoms with Gasteiger partial charge in [0.2, 0.25) is 0 Å². The Balaban J connectivity index is 2.32. The van der Waals surface area contributed by atoms with E-state index in [1.807, 2.05) is 0 Å². The van der Waals surface area contributed by atoms with Crippen molar-refractivity contribution in [1.82, 2.24) is 5.32 Å². The topological polar surface area (TPSA) is 170 Å². The maximum atomic E-state index is 11.8. The van der Waals surface area contributed by atoms with E-state index in [4.69, 9.17) is 23.7 Å². The first kappa shape index (κ1) is 25.4. The molecule has 178 valence electrons. The van der Waals surface area contributed by atoms with E-state index in [1.165, 1.54) is 0 Å². The highest BCUT2D eigenvalue weighted by molar-refractivity contribution is 7.99. The van der Waals surface area contributed by atoms with Crippen molar-refractivity contribution in [2.24, 2.45) is 0 Å². The highest BCUT2D eigenvalue weighted by Crippen LogP contribution is 2.35. The van der Waals surface area contributed by atoms with Gasteiger partial charge in [0, 0.05) is 33.4 Å². The highest BCUT2D eigenvalue weighted by atomic mass is 32.2. The first-order chi connectivity index (χ1) is 15.0. The zero-order chi connectivity index (χ0) is 24.0. The average molecular weight is 477 g/mol. The van der Waals surface area contributed by atoms with E-state index in [0.29, 0.717) is 0 Å². The molecule has 2 aliphatic heterocycles. The fourth-order valence-corrected chi connectivity index (χ4v) is 4.24. The number of hydrogen-bond acceptors (Lipinski definition) is 13. The number of carbonyl (C=O) groups is 6. The lowest BCUT2D eigenvalue weighted by molar-refractivity contribution is -0.237. The van der Waals surface area contributed by atoms with Crippen LogP contribution in [0, 0.1) is 0 Å². The van der Waals surface area contributed by atoms with Crippen LogP contribution in [0.5, 0.6) is 0 Å². The van der Waals surface area contributed by atoms with Crippen molar-refractivity contribution in [1.29, 1.82) is 0 Å². The molecule has 0 aromatic carbocycles. The number of rotatable bonds is 8. The second kappa shape index (κ2) is 11.1. The highest BCUT2D eigenvalue weighted by Gasteiger charge is 2.52. The van der Waals surface area contributed by atoms with E-state index in [1.54, 1.807) is 0 Å². The molecule has 0 aliphatic carbocycles. The standard InChI is InChI=1S/C18H23NO12S/c1-7(20)26-5-12-13(27-8(2)21)14(28-9(3)22)15(29-10(4)23)17(30-12)32-6-11-16(24)31-18(25)19-11/h11-15,17H,5-6H2,1-4H3,(H,19,25)/t11-,12+,13+,14-,15+,17-/m0/s1. The quantitative estimate of drug-likeness (QED) is 0.268. The van der Waals surface area contributed by atoms with Gasteiger partial charge in [-0.3, -0.25) is 19.2 Å². The molecule has 6 atom stereocenters. The molecule has 0 aromatic heterocycles. The van der Waals surface area contributed by atoms with Crippen molar-refractivity contribution >= 4 is 47.7 Å². The van der Waals surface area contributed by atoms with Gasteiger partial charge in [-0.15, -0.1) is 11.8 Å². The molecular formula is C18H23NO12S. The predicted molar refractivity (Wildman–Crippen MR) is 103 cm³/mol. The smallest absolute Gasteiger partial charge is 0.415 e. The molecule has 1 amide bonds. The van der Waals surface area contributed by atoms with E-state index in [-0.39, 0.29) is 12.4 Å². The summed E-state index contributed by atoms with van der Waals surface area (Å²) in [5.41, 5.74) is -1.05. The van der Waals surface area contributed by atoms with E-state index in [9.17, 15) is 28.8 Å². The van der Waals surface area contributed by atoms with Crippen LogP contribution >= 0.6 is 11.8 Å². The van der Waals surface area contributed by atoms with Crippen LogP contribution in [0.25, 0.3) is 0 Å². The second-order valence-electron chi connectivity index (χ2n) is 6.81. The third kappa shape index (κ3) is 7.09. The van der Waals surface area contributed by atoms with Crippen molar-refractivity contribution in [2.45, 2.75) is 63.6 Å². The largest absolute Gasteiger partial charge is 0.463 e. The average Bonchev–Trinajstić information content (AvgIpc) is 2.98. The minimum Gasteiger partial charge on any atom is -0.463 e. The van der Waals surface area contributed by atoms with Crippen LogP contribution in [0.1, 0.15) is 27.7 Å². The third-order valence-electron chi connectivity index (χ3n) is 4.15. The first-order valence-electron chi connectivity index (χ1n) is 9.42. The normalized spacial score (nSPS) is 29.4. The molecule has 2 heterocycles. The SMILES string of the molecule is CC(=O)OC[C@H]1O[C@@H](SC[C@@H]2NC(=O)OC2=O)[C@H](OC(C)=O)[C@@H](OC(C)=O)[C@@H]1OC(C)=O. The number of cyclic esters (lactones) is 2. The van der Waals surface area contributed by atoms with Gasteiger partial charge < -0.3 is 33.7 Å². The predicted octanol–water partition coefficient (Wildman–Crippen LogP) is -0.562. The Labute approximate surface area is 186 Å². The number of ether oxygens (including phenoxy) is 6. The Morgan fingerprint density at radius 3 is 1.94 bits per heavy atom. The monoisotopic (exact) mass is 477 g/mol. The van der Waals surface area contributed by atoms with E-state index < -0.39 is 71.8 Å². The molecule has 0 spiro atoms. The van der Waals surface area contributed by atoms with Crippen molar-refractivity contribution in [3.63, 3.8) is 0 Å². The van der Waals surface area contributed by atoms with Gasteiger partial charge in [0.25, 0.3) is 0 Å². The molecule has 0 bridgehead atoms. The summed E-state index contributed by atoms with van der Waals surface area (Å²) >= 11 is 0.953. The minimum absolute atomic E-state index is 0.0433. The number of thioether (sulfide) groups is 1. The fraction of sp³-hybridized carbons (Fsp3) is 0.667. The van der Waals surface area contributed by atoms with Gasteiger partial charge in [0.15, 0.2) is 18.3 Å². The van der Waals surface area contributed by atoms with Crippen LogP contribution < -0.4 is 5.32 Å². The molecular weight excluding hydrogens is 454 g/mol. The summed E-state index contributed by atoms with van der Waals surface area (Å²) in [6.45, 7) is 4.14. The number of hydrogen-bond donors (Lipinski definition) is 1. The molecule has 2 rings (SSSR count). The van der Waals surface area contributed by atoms with Gasteiger partial charge in [-0.25, -0.2) is 9.59 Å². The number of carbonyl (C=O) groups excluding carboxylic acids is 6. The Morgan fingerprint density at radius 1 is 0.875 bits per heavy atom. The lowest BCUT2D eigenvalue weighted by Gasteiger charge is -2.44. The van der Waals surface area contributed by atoms with E-state index in [2.05, 4.69) is 10.1 Å². The summed E-state index contributed by atoms with van der Waals surface area (Å²) in [6, 6.07) is -0.987. The molecule has 0 unspecified atom stereocenters. The molecule has 32 heavy (non-hydrogen) atoms. The van der Waals surface area contributed by atoms with Gasteiger partial charge in [0.1, 0.15) is 24.2 Å². The maximum absolute atomic E-state index is 11.8. The zero-order valence-corrected chi connectivity index (χ0v) is 18.5. The van der Waals surface area contributed by atoms with Gasteiger partial charge in [-0.2, -0.15) is 0 Å². The Bertz CT molecular complexity index is 786. The van der Waals surface area contributed by atoms with Crippen LogP contribution in [-0.4, -0.2) is 84.2 Å². The molecule has 0 radical (unpaired) electrons. The van der Waals surface area contributed by atoms with Crippen molar-refractivity contribution in [3.8, 4) is 0 Å². The van der Waals surface area contributed by atoms with Crippen molar-refractivity contribution in [2.75, 3.05) is 12.4 Å². The lowest BCUT2D eigenvalue weighted by Crippen LogP contribution is -2.61. The molecule has 0 aromatic rings. The van der Waals surface area contributed by atoms with E-state index in [0.717, 1.165) is 39.5 Å². The summed E-state index contributed by atoms with van der Waals surface area (Å²) in [7, 11) is 0. The number of nitrogens with one attached hydrogen (secondary N) is 1.